The van der Waals surface area contributed by atoms with E-state index in [0.29, 0.717) is 7.14 Å². The molecule has 0 aromatic heterocycles. The summed E-state index contributed by atoms with van der Waals surface area (Å²) in [4.78, 5) is 24.5. The van der Waals surface area contributed by atoms with Gasteiger partial charge in [0.2, 0.25) is 20.0 Å². The molecule has 2 aromatic rings. The van der Waals surface area contributed by atoms with Gasteiger partial charge in [0.05, 0.1) is 28.8 Å². The SMILES string of the molecule is CS(=O)(=O)NC(=O)c1cc(I)cc(CS(=O)(=O)NC(=O)c2cc(I)cc(I)c2N)c1F. The molecule has 0 atom stereocenters. The minimum atomic E-state index is -4.39. The van der Waals surface area contributed by atoms with Crippen LogP contribution in [-0.4, -0.2) is 34.9 Å². The van der Waals surface area contributed by atoms with Gasteiger partial charge in [-0.25, -0.2) is 30.7 Å². The van der Waals surface area contributed by atoms with Gasteiger partial charge in [-0.1, -0.05) is 0 Å². The number of sulfonamides is 2. The first-order valence-corrected chi connectivity index (χ1v) is 14.7. The van der Waals surface area contributed by atoms with Crippen molar-refractivity contribution in [3.8, 4) is 0 Å². The van der Waals surface area contributed by atoms with Crippen LogP contribution in [0, 0.1) is 16.5 Å². The number of nitrogens with one attached hydrogen (secondary N) is 2. The van der Waals surface area contributed by atoms with E-state index >= 15 is 0 Å². The van der Waals surface area contributed by atoms with Gasteiger partial charge in [-0.15, -0.1) is 0 Å². The van der Waals surface area contributed by atoms with Crippen molar-refractivity contribution in [1.82, 2.24) is 9.44 Å². The van der Waals surface area contributed by atoms with Gasteiger partial charge in [0.15, 0.2) is 0 Å². The molecule has 0 aliphatic carbocycles. The molecule has 15 heteroatoms. The predicted molar refractivity (Wildman–Crippen MR) is 138 cm³/mol. The van der Waals surface area contributed by atoms with Gasteiger partial charge in [0, 0.05) is 16.3 Å². The number of nitrogens with two attached hydrogens (primary N) is 1. The van der Waals surface area contributed by atoms with E-state index in [0.717, 1.165) is 12.3 Å². The van der Waals surface area contributed by atoms with E-state index in [4.69, 9.17) is 5.73 Å². The van der Waals surface area contributed by atoms with Gasteiger partial charge >= 0.3 is 0 Å². The molecule has 31 heavy (non-hydrogen) atoms. The average Bonchev–Trinajstić information content (AvgIpc) is 2.58. The minimum absolute atomic E-state index is 0.0591. The number of rotatable bonds is 6. The van der Waals surface area contributed by atoms with Crippen molar-refractivity contribution in [2.24, 2.45) is 0 Å². The summed E-state index contributed by atoms with van der Waals surface area (Å²) in [6.45, 7) is 0. The maximum absolute atomic E-state index is 14.8. The number of anilines is 1. The molecule has 0 unspecified atom stereocenters. The molecule has 2 amide bonds. The van der Waals surface area contributed by atoms with Crippen molar-refractivity contribution in [2.45, 2.75) is 5.75 Å². The van der Waals surface area contributed by atoms with E-state index in [1.54, 1.807) is 33.4 Å². The topological polar surface area (TPSA) is 152 Å². The van der Waals surface area contributed by atoms with Crippen LogP contribution in [0.1, 0.15) is 26.3 Å². The standard InChI is InChI=1S/C16H13FI3N3O6S2/c1-30(26,27)22-15(24)10-3-8(18)2-7(13(10)17)6-31(28,29)23-16(25)11-4-9(19)5-12(20)14(11)21/h2-5H,6,21H2,1H3,(H,22,24)(H,23,25). The number of benzene rings is 2. The summed E-state index contributed by atoms with van der Waals surface area (Å²) in [5.74, 6) is -4.43. The first-order valence-electron chi connectivity index (χ1n) is 7.89. The van der Waals surface area contributed by atoms with Crippen LogP contribution in [0.25, 0.3) is 0 Å². The molecule has 168 valence electrons. The number of carbonyl (C=O) groups is 2. The van der Waals surface area contributed by atoms with Gasteiger partial charge in [-0.2, -0.15) is 0 Å². The van der Waals surface area contributed by atoms with Crippen molar-refractivity contribution in [1.29, 1.82) is 0 Å². The fraction of sp³-hybridized carbons (Fsp3) is 0.125. The maximum Gasteiger partial charge on any atom is 0.267 e. The molecule has 0 spiro atoms. The van der Waals surface area contributed by atoms with Gasteiger partial charge in [-0.3, -0.25) is 9.59 Å². The Labute approximate surface area is 218 Å². The van der Waals surface area contributed by atoms with Crippen molar-refractivity contribution in [3.05, 3.63) is 57.5 Å². The van der Waals surface area contributed by atoms with Crippen LogP contribution in [0.5, 0.6) is 0 Å². The molecule has 2 rings (SSSR count). The second-order valence-electron chi connectivity index (χ2n) is 6.17. The van der Waals surface area contributed by atoms with Crippen LogP contribution in [0.4, 0.5) is 10.1 Å². The fourth-order valence-corrected chi connectivity index (χ4v) is 6.41. The third kappa shape index (κ3) is 7.35. The summed E-state index contributed by atoms with van der Waals surface area (Å²) < 4.78 is 67.2. The van der Waals surface area contributed by atoms with E-state index in [2.05, 4.69) is 0 Å². The highest BCUT2D eigenvalue weighted by molar-refractivity contribution is 14.1. The Hall–Kier alpha value is -0.800. The van der Waals surface area contributed by atoms with Gasteiger partial charge in [0.1, 0.15) is 5.82 Å². The first-order chi connectivity index (χ1) is 14.1. The number of hydrogen-bond donors (Lipinski definition) is 3. The summed E-state index contributed by atoms with van der Waals surface area (Å²) in [6.07, 6.45) is 0.718. The number of nitrogen functional groups attached to an aromatic ring is 1. The summed E-state index contributed by atoms with van der Waals surface area (Å²) >= 11 is 5.56. The smallest absolute Gasteiger partial charge is 0.267 e. The Bertz CT molecular complexity index is 1300. The van der Waals surface area contributed by atoms with E-state index < -0.39 is 54.6 Å². The van der Waals surface area contributed by atoms with E-state index in [-0.39, 0.29) is 14.8 Å². The fourth-order valence-electron chi connectivity index (χ4n) is 2.35. The first kappa shape index (κ1) is 26.5. The van der Waals surface area contributed by atoms with Crippen molar-refractivity contribution in [2.75, 3.05) is 12.0 Å². The average molecular weight is 807 g/mol. The van der Waals surface area contributed by atoms with E-state index in [9.17, 15) is 30.8 Å². The van der Waals surface area contributed by atoms with E-state index in [1.165, 1.54) is 12.1 Å². The third-order valence-corrected chi connectivity index (χ3v) is 7.45. The molecule has 0 aliphatic rings. The van der Waals surface area contributed by atoms with Crippen molar-refractivity contribution in [3.63, 3.8) is 0 Å². The van der Waals surface area contributed by atoms with Crippen LogP contribution in [0.15, 0.2) is 24.3 Å². The van der Waals surface area contributed by atoms with Crippen molar-refractivity contribution >= 4 is 105 Å². The highest BCUT2D eigenvalue weighted by Gasteiger charge is 2.25. The Balaban J connectivity index is 2.35. The molecule has 0 fully saturated rings. The third-order valence-electron chi connectivity index (χ3n) is 3.57. The predicted octanol–water partition coefficient (Wildman–Crippen LogP) is 2.17. The summed E-state index contributed by atoms with van der Waals surface area (Å²) in [5, 5.41) is 0. The molecule has 4 N–H and O–H groups in total. The normalized spacial score (nSPS) is 11.8. The van der Waals surface area contributed by atoms with Crippen LogP contribution >= 0.6 is 67.8 Å². The van der Waals surface area contributed by atoms with Crippen LogP contribution < -0.4 is 15.2 Å². The van der Waals surface area contributed by atoms with Gasteiger partial charge in [0.25, 0.3) is 11.8 Å². The summed E-state index contributed by atoms with van der Waals surface area (Å²) in [7, 11) is -8.36. The molecular weight excluding hydrogens is 794 g/mol. The zero-order valence-corrected chi connectivity index (χ0v) is 23.5. The summed E-state index contributed by atoms with van der Waals surface area (Å²) in [6, 6.07) is 5.34. The second-order valence-corrected chi connectivity index (χ2v) is 13.3. The largest absolute Gasteiger partial charge is 0.397 e. The highest BCUT2D eigenvalue weighted by atomic mass is 127. The number of halogens is 4. The van der Waals surface area contributed by atoms with Gasteiger partial charge < -0.3 is 5.73 Å². The highest BCUT2D eigenvalue weighted by Crippen LogP contribution is 2.24. The molecule has 0 aliphatic heterocycles. The Morgan fingerprint density at radius 2 is 1.45 bits per heavy atom. The van der Waals surface area contributed by atoms with Crippen molar-refractivity contribution < 1.29 is 30.8 Å². The zero-order valence-electron chi connectivity index (χ0n) is 15.4. The summed E-state index contributed by atoms with van der Waals surface area (Å²) in [5.41, 5.74) is 4.81. The molecule has 2 aromatic carbocycles. The second kappa shape index (κ2) is 10.00. The zero-order chi connectivity index (χ0) is 23.7. The molecular formula is C16H13FI3N3O6S2. The molecule has 9 nitrogen and oxygen atoms in total. The Morgan fingerprint density at radius 1 is 0.935 bits per heavy atom. The van der Waals surface area contributed by atoms with Crippen LogP contribution in [0.2, 0.25) is 0 Å². The minimum Gasteiger partial charge on any atom is -0.397 e. The lowest BCUT2D eigenvalue weighted by Crippen LogP contribution is -2.33. The molecule has 0 saturated heterocycles. The number of amides is 2. The Morgan fingerprint density at radius 3 is 2.03 bits per heavy atom. The monoisotopic (exact) mass is 807 g/mol. The van der Waals surface area contributed by atoms with E-state index in [1.807, 2.05) is 49.9 Å². The van der Waals surface area contributed by atoms with Crippen LogP contribution in [0.3, 0.4) is 0 Å². The molecule has 0 saturated carbocycles. The Kier molecular flexibility index (Phi) is 8.53. The maximum atomic E-state index is 14.8. The lowest BCUT2D eigenvalue weighted by atomic mass is 10.1. The molecule has 0 radical (unpaired) electrons. The molecule has 0 heterocycles. The lowest BCUT2D eigenvalue weighted by molar-refractivity contribution is 0.0969. The quantitative estimate of drug-likeness (QED) is 0.299. The molecule has 0 bridgehead atoms. The van der Waals surface area contributed by atoms with Crippen LogP contribution in [-0.2, 0) is 25.8 Å². The van der Waals surface area contributed by atoms with Gasteiger partial charge in [-0.05, 0) is 92.0 Å². The lowest BCUT2D eigenvalue weighted by Gasteiger charge is -2.12. The number of hydrogen-bond acceptors (Lipinski definition) is 7. The number of carbonyl (C=O) groups excluding carboxylic acids is 2.